The van der Waals surface area contributed by atoms with Crippen LogP contribution in [0.25, 0.3) is 11.3 Å². The molecule has 1 aromatic carbocycles. The number of nitrogens with zero attached hydrogens (tertiary/aromatic N) is 3. The molecule has 2 amide bonds. The summed E-state index contributed by atoms with van der Waals surface area (Å²) >= 11 is 0. The van der Waals surface area contributed by atoms with E-state index in [0.717, 1.165) is 11.3 Å². The van der Waals surface area contributed by atoms with Crippen LogP contribution in [0.1, 0.15) is 24.3 Å². The van der Waals surface area contributed by atoms with Gasteiger partial charge in [0.2, 0.25) is 0 Å². The maximum Gasteiger partial charge on any atom is 0.409 e. The molecule has 3 rings (SSSR count). The van der Waals surface area contributed by atoms with Crippen LogP contribution >= 0.6 is 0 Å². The first kappa shape index (κ1) is 18.8. The van der Waals surface area contributed by atoms with Crippen LogP contribution in [0, 0.1) is 0 Å². The smallest absolute Gasteiger partial charge is 0.409 e. The summed E-state index contributed by atoms with van der Waals surface area (Å²) in [5.41, 5.74) is 2.04. The van der Waals surface area contributed by atoms with E-state index in [4.69, 9.17) is 9.47 Å². The van der Waals surface area contributed by atoms with Crippen molar-refractivity contribution in [1.29, 1.82) is 0 Å². The molecule has 144 valence electrons. The third-order valence-electron chi connectivity index (χ3n) is 4.36. The second-order valence-electron chi connectivity index (χ2n) is 6.10. The minimum Gasteiger partial charge on any atom is -0.494 e. The number of amides is 2. The topological polar surface area (TPSA) is 87.8 Å². The lowest BCUT2D eigenvalue weighted by atomic mass is 10.1. The standard InChI is InChI=1S/C19H24N4O4/c1-3-26-15-7-5-14(6-8-15)16-13-17(21-20-16)18(24)22-9-11-23(12-10-22)19(25)27-4-2/h5-8,13H,3-4,9-12H2,1-2H3,(H,20,21). The van der Waals surface area contributed by atoms with E-state index in [0.29, 0.717) is 50.8 Å². The van der Waals surface area contributed by atoms with Gasteiger partial charge in [-0.25, -0.2) is 4.79 Å². The fraction of sp³-hybridized carbons (Fsp3) is 0.421. The van der Waals surface area contributed by atoms with Gasteiger partial charge in [0.15, 0.2) is 0 Å². The van der Waals surface area contributed by atoms with Crippen LogP contribution in [0.4, 0.5) is 4.79 Å². The predicted molar refractivity (Wildman–Crippen MR) is 99.7 cm³/mol. The molecule has 1 N–H and O–H groups in total. The number of rotatable bonds is 5. The third-order valence-corrected chi connectivity index (χ3v) is 4.36. The molecule has 1 fully saturated rings. The maximum absolute atomic E-state index is 12.7. The van der Waals surface area contributed by atoms with E-state index in [1.165, 1.54) is 0 Å². The molecule has 1 aliphatic heterocycles. The number of ether oxygens (including phenoxy) is 2. The highest BCUT2D eigenvalue weighted by Crippen LogP contribution is 2.22. The number of carbonyl (C=O) groups excluding carboxylic acids is 2. The summed E-state index contributed by atoms with van der Waals surface area (Å²) in [6.07, 6.45) is -0.330. The van der Waals surface area contributed by atoms with Gasteiger partial charge in [-0.1, -0.05) is 0 Å². The zero-order valence-electron chi connectivity index (χ0n) is 15.6. The van der Waals surface area contributed by atoms with Gasteiger partial charge in [0.1, 0.15) is 11.4 Å². The first-order valence-electron chi connectivity index (χ1n) is 9.12. The van der Waals surface area contributed by atoms with Crippen molar-refractivity contribution in [2.45, 2.75) is 13.8 Å². The SMILES string of the molecule is CCOC(=O)N1CCN(C(=O)c2cc(-c3ccc(OCC)cc3)n[nH]2)CC1. The molecule has 0 radical (unpaired) electrons. The summed E-state index contributed by atoms with van der Waals surface area (Å²) in [6.45, 7) is 6.53. The van der Waals surface area contributed by atoms with Crippen LogP contribution in [0.3, 0.4) is 0 Å². The number of piperazine rings is 1. The van der Waals surface area contributed by atoms with Crippen LogP contribution in [0.15, 0.2) is 30.3 Å². The van der Waals surface area contributed by atoms with E-state index in [2.05, 4.69) is 10.2 Å². The Hall–Kier alpha value is -3.03. The number of H-pyrrole nitrogens is 1. The van der Waals surface area contributed by atoms with Crippen LogP contribution in [-0.4, -0.2) is 71.4 Å². The highest BCUT2D eigenvalue weighted by Gasteiger charge is 2.26. The Kier molecular flexibility index (Phi) is 5.95. The van der Waals surface area contributed by atoms with Crippen LogP contribution in [0.2, 0.25) is 0 Å². The average molecular weight is 372 g/mol. The van der Waals surface area contributed by atoms with E-state index in [1.54, 1.807) is 22.8 Å². The Morgan fingerprint density at radius 2 is 1.70 bits per heavy atom. The molecule has 27 heavy (non-hydrogen) atoms. The van der Waals surface area contributed by atoms with Crippen LogP contribution < -0.4 is 4.74 Å². The summed E-state index contributed by atoms with van der Waals surface area (Å²) in [6, 6.07) is 9.32. The van der Waals surface area contributed by atoms with Gasteiger partial charge < -0.3 is 19.3 Å². The number of nitrogens with one attached hydrogen (secondary N) is 1. The lowest BCUT2D eigenvalue weighted by Crippen LogP contribution is -2.50. The molecule has 0 unspecified atom stereocenters. The fourth-order valence-electron chi connectivity index (χ4n) is 2.94. The molecule has 8 heteroatoms. The molecule has 0 spiro atoms. The summed E-state index contributed by atoms with van der Waals surface area (Å²) in [4.78, 5) is 27.8. The molecular weight excluding hydrogens is 348 g/mol. The summed E-state index contributed by atoms with van der Waals surface area (Å²) in [5, 5.41) is 7.07. The van der Waals surface area contributed by atoms with E-state index >= 15 is 0 Å². The van der Waals surface area contributed by atoms with Crippen molar-refractivity contribution in [2.75, 3.05) is 39.4 Å². The Labute approximate surface area is 158 Å². The van der Waals surface area contributed by atoms with Crippen LogP contribution in [-0.2, 0) is 4.74 Å². The van der Waals surface area contributed by atoms with E-state index in [-0.39, 0.29) is 12.0 Å². The molecule has 2 aromatic rings. The van der Waals surface area contributed by atoms with E-state index in [9.17, 15) is 9.59 Å². The minimum atomic E-state index is -0.330. The van der Waals surface area contributed by atoms with Gasteiger partial charge in [0.05, 0.1) is 18.9 Å². The van der Waals surface area contributed by atoms with Crippen LogP contribution in [0.5, 0.6) is 5.75 Å². The van der Waals surface area contributed by atoms with Gasteiger partial charge in [0.25, 0.3) is 5.91 Å². The van der Waals surface area contributed by atoms with Gasteiger partial charge in [-0.2, -0.15) is 5.10 Å². The van der Waals surface area contributed by atoms with Gasteiger partial charge >= 0.3 is 6.09 Å². The lowest BCUT2D eigenvalue weighted by Gasteiger charge is -2.33. The molecule has 1 saturated heterocycles. The number of hydrogen-bond acceptors (Lipinski definition) is 5. The summed E-state index contributed by atoms with van der Waals surface area (Å²) < 4.78 is 10.4. The van der Waals surface area contributed by atoms with Crippen molar-refractivity contribution in [3.63, 3.8) is 0 Å². The molecule has 0 saturated carbocycles. The average Bonchev–Trinajstić information content (AvgIpc) is 3.19. The Bertz CT molecular complexity index is 779. The van der Waals surface area contributed by atoms with Crippen molar-refractivity contribution in [1.82, 2.24) is 20.0 Å². The third kappa shape index (κ3) is 4.39. The molecule has 1 aromatic heterocycles. The highest BCUT2D eigenvalue weighted by molar-refractivity contribution is 5.93. The molecule has 8 nitrogen and oxygen atoms in total. The molecule has 0 atom stereocenters. The lowest BCUT2D eigenvalue weighted by molar-refractivity contribution is 0.0566. The Morgan fingerprint density at radius 1 is 1.04 bits per heavy atom. The van der Waals surface area contributed by atoms with Gasteiger partial charge in [-0.05, 0) is 44.2 Å². The number of carbonyl (C=O) groups is 2. The Morgan fingerprint density at radius 3 is 2.33 bits per heavy atom. The predicted octanol–water partition coefficient (Wildman–Crippen LogP) is 2.39. The quantitative estimate of drug-likeness (QED) is 0.871. The highest BCUT2D eigenvalue weighted by atomic mass is 16.6. The second kappa shape index (κ2) is 8.57. The number of aromatic nitrogens is 2. The van der Waals surface area contributed by atoms with Gasteiger partial charge in [0, 0.05) is 31.7 Å². The molecule has 0 aliphatic carbocycles. The van der Waals surface area contributed by atoms with Crippen molar-refractivity contribution in [2.24, 2.45) is 0 Å². The van der Waals surface area contributed by atoms with Crippen molar-refractivity contribution < 1.29 is 19.1 Å². The first-order valence-corrected chi connectivity index (χ1v) is 9.12. The van der Waals surface area contributed by atoms with E-state index < -0.39 is 0 Å². The van der Waals surface area contributed by atoms with E-state index in [1.807, 2.05) is 31.2 Å². The Balaban J connectivity index is 1.61. The molecular formula is C19H24N4O4. The minimum absolute atomic E-state index is 0.122. The van der Waals surface area contributed by atoms with Crippen molar-refractivity contribution >= 4 is 12.0 Å². The molecule has 0 bridgehead atoms. The number of benzene rings is 1. The van der Waals surface area contributed by atoms with Crippen molar-refractivity contribution in [3.05, 3.63) is 36.0 Å². The number of aromatic amines is 1. The second-order valence-corrected chi connectivity index (χ2v) is 6.10. The summed E-state index contributed by atoms with van der Waals surface area (Å²) in [7, 11) is 0. The normalized spacial score (nSPS) is 14.1. The zero-order valence-corrected chi connectivity index (χ0v) is 15.6. The summed E-state index contributed by atoms with van der Waals surface area (Å²) in [5.74, 6) is 0.677. The monoisotopic (exact) mass is 372 g/mol. The molecule has 2 heterocycles. The number of hydrogen-bond donors (Lipinski definition) is 1. The maximum atomic E-state index is 12.7. The fourth-order valence-corrected chi connectivity index (χ4v) is 2.94. The van der Waals surface area contributed by atoms with Crippen molar-refractivity contribution in [3.8, 4) is 17.0 Å². The largest absolute Gasteiger partial charge is 0.494 e. The first-order chi connectivity index (χ1) is 13.1. The van der Waals surface area contributed by atoms with Gasteiger partial charge in [-0.15, -0.1) is 0 Å². The van der Waals surface area contributed by atoms with Gasteiger partial charge in [-0.3, -0.25) is 9.89 Å². The molecule has 1 aliphatic rings. The zero-order chi connectivity index (χ0) is 19.2.